The highest BCUT2D eigenvalue weighted by molar-refractivity contribution is 9.10. The van der Waals surface area contributed by atoms with Crippen molar-refractivity contribution in [2.75, 3.05) is 33.8 Å². The number of unbranched alkanes of at least 4 members (excludes halogenated alkanes) is 1. The van der Waals surface area contributed by atoms with E-state index in [4.69, 9.17) is 4.74 Å². The van der Waals surface area contributed by atoms with Gasteiger partial charge in [0, 0.05) is 16.6 Å². The molecule has 1 saturated heterocycles. The Bertz CT molecular complexity index is 1030. The minimum Gasteiger partial charge on any atom is -0.507 e. The Kier molecular flexibility index (Phi) is 8.69. The summed E-state index contributed by atoms with van der Waals surface area (Å²) >= 11 is 3.48. The Morgan fingerprint density at radius 3 is 2.58 bits per heavy atom. The topological polar surface area (TPSA) is 70.1 Å². The molecule has 0 radical (unpaired) electrons. The van der Waals surface area contributed by atoms with Gasteiger partial charge in [-0.2, -0.15) is 0 Å². The number of amides is 1. The largest absolute Gasteiger partial charge is 0.507 e. The zero-order chi connectivity index (χ0) is 24.0. The fourth-order valence-corrected chi connectivity index (χ4v) is 4.33. The molecule has 0 spiro atoms. The van der Waals surface area contributed by atoms with E-state index < -0.39 is 17.7 Å². The van der Waals surface area contributed by atoms with Crippen LogP contribution >= 0.6 is 15.9 Å². The van der Waals surface area contributed by atoms with E-state index in [9.17, 15) is 14.7 Å². The zero-order valence-corrected chi connectivity index (χ0v) is 21.0. The number of carbonyl (C=O) groups is 2. The number of hydrogen-bond acceptors (Lipinski definition) is 5. The molecule has 2 aromatic carbocycles. The third-order valence-corrected chi connectivity index (χ3v) is 6.08. The van der Waals surface area contributed by atoms with Crippen LogP contribution in [0, 0.1) is 0 Å². The summed E-state index contributed by atoms with van der Waals surface area (Å²) in [6, 6.07) is 13.9. The summed E-state index contributed by atoms with van der Waals surface area (Å²) in [6.45, 7) is 3.86. The maximum absolute atomic E-state index is 13.1. The van der Waals surface area contributed by atoms with Crippen LogP contribution in [0.5, 0.6) is 5.75 Å². The smallest absolute Gasteiger partial charge is 0.295 e. The van der Waals surface area contributed by atoms with Crippen molar-refractivity contribution in [3.63, 3.8) is 0 Å². The first-order valence-corrected chi connectivity index (χ1v) is 12.0. The summed E-state index contributed by atoms with van der Waals surface area (Å²) in [4.78, 5) is 29.8. The van der Waals surface area contributed by atoms with Crippen LogP contribution in [0.2, 0.25) is 0 Å². The molecule has 0 bridgehead atoms. The first-order valence-electron chi connectivity index (χ1n) is 11.2. The second kappa shape index (κ2) is 11.5. The molecule has 1 unspecified atom stereocenters. The summed E-state index contributed by atoms with van der Waals surface area (Å²) in [7, 11) is 3.94. The average molecular weight is 515 g/mol. The van der Waals surface area contributed by atoms with Crippen molar-refractivity contribution in [2.45, 2.75) is 32.2 Å². The van der Waals surface area contributed by atoms with Gasteiger partial charge in [-0.3, -0.25) is 9.59 Å². The molecular formula is C26H31BrN2O4. The number of benzene rings is 2. The molecule has 0 aromatic heterocycles. The summed E-state index contributed by atoms with van der Waals surface area (Å²) in [6.07, 6.45) is 2.66. The molecule has 6 nitrogen and oxygen atoms in total. The lowest BCUT2D eigenvalue weighted by Gasteiger charge is -2.26. The lowest BCUT2D eigenvalue weighted by atomic mass is 9.95. The lowest BCUT2D eigenvalue weighted by molar-refractivity contribution is -0.139. The molecule has 1 fully saturated rings. The SMILES string of the molecule is CCCCOc1cccc(/C(O)=C2\C(=O)C(=O)N(CCCN(C)C)C2c2cccc(Br)c2)c1. The van der Waals surface area contributed by atoms with E-state index in [2.05, 4.69) is 22.9 Å². The molecule has 2 aromatic rings. The van der Waals surface area contributed by atoms with Gasteiger partial charge in [-0.1, -0.05) is 53.5 Å². The van der Waals surface area contributed by atoms with Gasteiger partial charge in [-0.25, -0.2) is 0 Å². The van der Waals surface area contributed by atoms with E-state index in [1.165, 1.54) is 0 Å². The van der Waals surface area contributed by atoms with Gasteiger partial charge in [0.1, 0.15) is 11.5 Å². The first-order chi connectivity index (χ1) is 15.8. The number of Topliss-reactive ketones (excluding diaryl/α,β-unsaturated/α-hetero) is 1. The molecule has 1 aliphatic heterocycles. The fraction of sp³-hybridized carbons (Fsp3) is 0.385. The Balaban J connectivity index is 2.03. The van der Waals surface area contributed by atoms with Gasteiger partial charge < -0.3 is 19.6 Å². The van der Waals surface area contributed by atoms with Crippen LogP contribution in [-0.2, 0) is 9.59 Å². The summed E-state index contributed by atoms with van der Waals surface area (Å²) in [5, 5.41) is 11.2. The van der Waals surface area contributed by atoms with E-state index in [1.807, 2.05) is 49.3 Å². The van der Waals surface area contributed by atoms with E-state index in [1.54, 1.807) is 23.1 Å². The monoisotopic (exact) mass is 514 g/mol. The molecule has 0 saturated carbocycles. The van der Waals surface area contributed by atoms with Crippen LogP contribution in [0.1, 0.15) is 43.4 Å². The first kappa shape index (κ1) is 25.0. The number of rotatable bonds is 10. The highest BCUT2D eigenvalue weighted by Crippen LogP contribution is 2.40. The number of aliphatic hydroxyl groups excluding tert-OH is 1. The Hall–Kier alpha value is -2.64. The van der Waals surface area contributed by atoms with Crippen LogP contribution < -0.4 is 4.74 Å². The normalized spacial score (nSPS) is 17.7. The molecule has 176 valence electrons. The Labute approximate surface area is 204 Å². The van der Waals surface area contributed by atoms with Crippen molar-refractivity contribution in [1.82, 2.24) is 9.80 Å². The third-order valence-electron chi connectivity index (χ3n) is 5.58. The van der Waals surface area contributed by atoms with Gasteiger partial charge in [-0.05, 0) is 63.3 Å². The second-order valence-corrected chi connectivity index (χ2v) is 9.35. The maximum Gasteiger partial charge on any atom is 0.295 e. The number of likely N-dealkylation sites (tertiary alicyclic amines) is 1. The van der Waals surface area contributed by atoms with E-state index in [0.29, 0.717) is 30.9 Å². The average Bonchev–Trinajstić information content (AvgIpc) is 3.04. The number of ether oxygens (including phenoxy) is 1. The third kappa shape index (κ3) is 6.03. The number of aliphatic hydroxyl groups is 1. The quantitative estimate of drug-likeness (QED) is 0.209. The fourth-order valence-electron chi connectivity index (χ4n) is 3.91. The van der Waals surface area contributed by atoms with Crippen molar-refractivity contribution in [3.8, 4) is 5.75 Å². The van der Waals surface area contributed by atoms with Gasteiger partial charge >= 0.3 is 0 Å². The molecule has 33 heavy (non-hydrogen) atoms. The molecular weight excluding hydrogens is 484 g/mol. The number of halogens is 1. The molecule has 1 N–H and O–H groups in total. The number of nitrogens with zero attached hydrogens (tertiary/aromatic N) is 2. The molecule has 3 rings (SSSR count). The molecule has 1 amide bonds. The number of carbonyl (C=O) groups excluding carboxylic acids is 2. The number of ketones is 1. The minimum absolute atomic E-state index is 0.105. The van der Waals surface area contributed by atoms with Gasteiger partial charge in [0.2, 0.25) is 0 Å². The van der Waals surface area contributed by atoms with E-state index >= 15 is 0 Å². The zero-order valence-electron chi connectivity index (χ0n) is 19.4. The van der Waals surface area contributed by atoms with Gasteiger partial charge in [0.15, 0.2) is 0 Å². The molecule has 1 heterocycles. The van der Waals surface area contributed by atoms with Crippen molar-refractivity contribution >= 4 is 33.4 Å². The predicted octanol–water partition coefficient (Wildman–Crippen LogP) is 5.00. The van der Waals surface area contributed by atoms with Crippen molar-refractivity contribution < 1.29 is 19.4 Å². The minimum atomic E-state index is -0.667. The second-order valence-electron chi connectivity index (χ2n) is 8.43. The molecule has 7 heteroatoms. The van der Waals surface area contributed by atoms with Crippen molar-refractivity contribution in [3.05, 3.63) is 69.7 Å². The van der Waals surface area contributed by atoms with Crippen LogP contribution in [0.15, 0.2) is 58.6 Å². The van der Waals surface area contributed by atoms with Gasteiger partial charge in [0.25, 0.3) is 11.7 Å². The van der Waals surface area contributed by atoms with Crippen LogP contribution in [0.4, 0.5) is 0 Å². The van der Waals surface area contributed by atoms with Gasteiger partial charge in [0.05, 0.1) is 18.2 Å². The summed E-state index contributed by atoms with van der Waals surface area (Å²) < 4.78 is 6.60. The Morgan fingerprint density at radius 1 is 1.12 bits per heavy atom. The molecule has 1 atom stereocenters. The lowest BCUT2D eigenvalue weighted by Crippen LogP contribution is -2.32. The highest BCUT2D eigenvalue weighted by Gasteiger charge is 2.45. The standard InChI is InChI=1S/C26H31BrN2O4/c1-4-5-15-33-21-12-7-10-19(17-21)24(30)22-23(18-9-6-11-20(27)16-18)29(26(32)25(22)31)14-8-13-28(2)3/h6-7,9-12,16-17,23,30H,4-5,8,13-15H2,1-3H3/b24-22+. The predicted molar refractivity (Wildman–Crippen MR) is 133 cm³/mol. The summed E-state index contributed by atoms with van der Waals surface area (Å²) in [5.74, 6) is -0.823. The van der Waals surface area contributed by atoms with Crippen molar-refractivity contribution in [1.29, 1.82) is 0 Å². The van der Waals surface area contributed by atoms with Crippen molar-refractivity contribution in [2.24, 2.45) is 0 Å². The maximum atomic E-state index is 13.1. The number of hydrogen-bond donors (Lipinski definition) is 1. The van der Waals surface area contributed by atoms with Crippen LogP contribution in [-0.4, -0.2) is 60.4 Å². The molecule has 0 aliphatic carbocycles. The van der Waals surface area contributed by atoms with Crippen LogP contribution in [0.3, 0.4) is 0 Å². The van der Waals surface area contributed by atoms with E-state index in [0.717, 1.165) is 29.4 Å². The van der Waals surface area contributed by atoms with Crippen LogP contribution in [0.25, 0.3) is 5.76 Å². The highest BCUT2D eigenvalue weighted by atomic mass is 79.9. The van der Waals surface area contributed by atoms with Gasteiger partial charge in [-0.15, -0.1) is 0 Å². The van der Waals surface area contributed by atoms with E-state index in [-0.39, 0.29) is 11.3 Å². The summed E-state index contributed by atoms with van der Waals surface area (Å²) in [5.41, 5.74) is 1.33. The Morgan fingerprint density at radius 2 is 1.88 bits per heavy atom. The molecule has 1 aliphatic rings.